The molecule has 1 aromatic carbocycles. The van der Waals surface area contributed by atoms with Crippen LogP contribution in [0.3, 0.4) is 0 Å². The maximum absolute atomic E-state index is 12.7. The predicted molar refractivity (Wildman–Crippen MR) is 127 cm³/mol. The third-order valence-electron chi connectivity index (χ3n) is 4.92. The van der Waals surface area contributed by atoms with Crippen LogP contribution in [0.5, 0.6) is 0 Å². The fourth-order valence-corrected chi connectivity index (χ4v) is 5.56. The van der Waals surface area contributed by atoms with Gasteiger partial charge in [-0.15, -0.1) is 21.5 Å². The summed E-state index contributed by atoms with van der Waals surface area (Å²) in [5.74, 6) is 1.53. The van der Waals surface area contributed by atoms with Crippen LogP contribution in [0.1, 0.15) is 15.5 Å². The average Bonchev–Trinajstić information content (AvgIpc) is 3.58. The Balaban J connectivity index is 1.39. The maximum Gasteiger partial charge on any atom is 0.273 e. The van der Waals surface area contributed by atoms with Gasteiger partial charge >= 0.3 is 0 Å². The molecule has 5 rings (SSSR count). The number of carbonyl (C=O) groups excluding carboxylic acids is 1. The number of carbonyl (C=O) groups is 1. The van der Waals surface area contributed by atoms with Gasteiger partial charge in [0.15, 0.2) is 10.9 Å². The summed E-state index contributed by atoms with van der Waals surface area (Å²) in [5.41, 5.74) is 1.14. The highest BCUT2D eigenvalue weighted by atomic mass is 35.5. The van der Waals surface area contributed by atoms with Crippen LogP contribution in [-0.4, -0.2) is 56.9 Å². The van der Waals surface area contributed by atoms with E-state index in [1.54, 1.807) is 34.7 Å². The summed E-state index contributed by atoms with van der Waals surface area (Å²) in [6, 6.07) is 8.83. The van der Waals surface area contributed by atoms with E-state index in [2.05, 4.69) is 15.2 Å². The summed E-state index contributed by atoms with van der Waals surface area (Å²) in [7, 11) is 0. The normalized spacial score (nSPS) is 14.1. The number of halogens is 2. The Morgan fingerprint density at radius 2 is 2.03 bits per heavy atom. The zero-order chi connectivity index (χ0) is 22.8. The van der Waals surface area contributed by atoms with Crippen LogP contribution in [0.25, 0.3) is 17.3 Å². The molecular formula is C21H17Cl2N5O3S2. The molecule has 33 heavy (non-hydrogen) atoms. The Kier molecular flexibility index (Phi) is 6.70. The lowest BCUT2D eigenvalue weighted by Gasteiger charge is -2.25. The molecule has 4 heterocycles. The lowest BCUT2D eigenvalue weighted by atomic mass is 10.3. The van der Waals surface area contributed by atoms with Crippen molar-refractivity contribution >= 4 is 52.2 Å². The number of benzene rings is 1. The summed E-state index contributed by atoms with van der Waals surface area (Å²) < 4.78 is 12.7. The number of furan rings is 1. The van der Waals surface area contributed by atoms with Crippen molar-refractivity contribution in [2.24, 2.45) is 0 Å². The fourth-order valence-electron chi connectivity index (χ4n) is 3.34. The van der Waals surface area contributed by atoms with Gasteiger partial charge in [0, 0.05) is 23.5 Å². The Morgan fingerprint density at radius 1 is 1.18 bits per heavy atom. The molecule has 1 aliphatic rings. The number of hydrogen-bond acceptors (Lipinski definition) is 8. The van der Waals surface area contributed by atoms with Crippen molar-refractivity contribution in [3.8, 4) is 17.3 Å². The molecule has 0 spiro atoms. The van der Waals surface area contributed by atoms with Gasteiger partial charge in [0.2, 0.25) is 5.82 Å². The molecule has 0 N–H and O–H groups in total. The van der Waals surface area contributed by atoms with E-state index in [1.807, 2.05) is 16.7 Å². The molecular weight excluding hydrogens is 505 g/mol. The summed E-state index contributed by atoms with van der Waals surface area (Å²) in [4.78, 5) is 19.0. The standard InChI is InChI=1S/C21H17Cl2N5O3S2/c22-13-3-4-16(14(23)10-13)28-19(17-2-1-7-31-17)25-26-21(28)33-12-18-24-15(11-32-18)20(29)27-5-8-30-9-6-27/h1-4,7,10-11H,5-6,8-9,12H2. The molecule has 4 aromatic rings. The van der Waals surface area contributed by atoms with Gasteiger partial charge in [0.05, 0.1) is 35.9 Å². The van der Waals surface area contributed by atoms with Gasteiger partial charge in [-0.3, -0.25) is 9.36 Å². The minimum atomic E-state index is -0.0676. The van der Waals surface area contributed by atoms with Crippen molar-refractivity contribution in [3.63, 3.8) is 0 Å². The first-order valence-electron chi connectivity index (χ1n) is 9.99. The number of rotatable bonds is 6. The van der Waals surface area contributed by atoms with E-state index in [4.69, 9.17) is 32.4 Å². The smallest absolute Gasteiger partial charge is 0.273 e. The van der Waals surface area contributed by atoms with Crippen molar-refractivity contribution in [1.29, 1.82) is 0 Å². The summed E-state index contributed by atoms with van der Waals surface area (Å²) in [5, 5.41) is 12.9. The highest BCUT2D eigenvalue weighted by Crippen LogP contribution is 2.34. The maximum atomic E-state index is 12.7. The first kappa shape index (κ1) is 22.4. The minimum absolute atomic E-state index is 0.0676. The first-order chi connectivity index (χ1) is 16.1. The second-order valence-corrected chi connectivity index (χ2v) is 9.76. The van der Waals surface area contributed by atoms with E-state index in [-0.39, 0.29) is 5.91 Å². The lowest BCUT2D eigenvalue weighted by Crippen LogP contribution is -2.40. The number of thiazole rings is 1. The fraction of sp³-hybridized carbons (Fsp3) is 0.238. The van der Waals surface area contributed by atoms with Crippen LogP contribution in [-0.2, 0) is 10.5 Å². The second-order valence-electron chi connectivity index (χ2n) is 7.03. The number of amides is 1. The third kappa shape index (κ3) is 4.80. The summed E-state index contributed by atoms with van der Waals surface area (Å²) >= 11 is 15.5. The van der Waals surface area contributed by atoms with Crippen molar-refractivity contribution in [2.45, 2.75) is 10.9 Å². The number of aromatic nitrogens is 4. The third-order valence-corrected chi connectivity index (χ3v) is 7.43. The minimum Gasteiger partial charge on any atom is -0.461 e. The number of nitrogens with zero attached hydrogens (tertiary/aromatic N) is 5. The van der Waals surface area contributed by atoms with Crippen LogP contribution in [0.15, 0.2) is 51.5 Å². The van der Waals surface area contributed by atoms with Gasteiger partial charge in [-0.2, -0.15) is 0 Å². The zero-order valence-electron chi connectivity index (χ0n) is 17.1. The van der Waals surface area contributed by atoms with E-state index in [9.17, 15) is 4.79 Å². The summed E-state index contributed by atoms with van der Waals surface area (Å²) in [6.45, 7) is 2.28. The molecule has 3 aromatic heterocycles. The van der Waals surface area contributed by atoms with E-state index >= 15 is 0 Å². The first-order valence-corrected chi connectivity index (χ1v) is 12.6. The van der Waals surface area contributed by atoms with Gasteiger partial charge < -0.3 is 14.1 Å². The Labute approximate surface area is 207 Å². The van der Waals surface area contributed by atoms with E-state index in [0.717, 1.165) is 5.01 Å². The monoisotopic (exact) mass is 521 g/mol. The average molecular weight is 522 g/mol. The van der Waals surface area contributed by atoms with E-state index < -0.39 is 0 Å². The molecule has 12 heteroatoms. The number of morpholine rings is 1. The lowest BCUT2D eigenvalue weighted by molar-refractivity contribution is 0.0299. The Bertz CT molecular complexity index is 1270. The zero-order valence-corrected chi connectivity index (χ0v) is 20.3. The van der Waals surface area contributed by atoms with Crippen LogP contribution >= 0.6 is 46.3 Å². The Morgan fingerprint density at radius 3 is 2.79 bits per heavy atom. The SMILES string of the molecule is O=C(c1csc(CSc2nnc(-c3ccco3)n2-c2ccc(Cl)cc2Cl)n1)N1CCOCC1. The van der Waals surface area contributed by atoms with E-state index in [1.165, 1.54) is 23.1 Å². The van der Waals surface area contributed by atoms with Crippen LogP contribution in [0.4, 0.5) is 0 Å². The second kappa shape index (κ2) is 9.86. The molecule has 0 unspecified atom stereocenters. The molecule has 8 nitrogen and oxygen atoms in total. The van der Waals surface area contributed by atoms with Crippen molar-refractivity contribution in [2.75, 3.05) is 26.3 Å². The van der Waals surface area contributed by atoms with Gasteiger partial charge in [-0.25, -0.2) is 4.98 Å². The molecule has 0 atom stereocenters. The molecule has 0 saturated carbocycles. The van der Waals surface area contributed by atoms with Crippen LogP contribution < -0.4 is 0 Å². The number of thioether (sulfide) groups is 1. The molecule has 0 bridgehead atoms. The van der Waals surface area contributed by atoms with Gasteiger partial charge in [0.1, 0.15) is 10.7 Å². The highest BCUT2D eigenvalue weighted by Gasteiger charge is 2.23. The number of hydrogen-bond donors (Lipinski definition) is 0. The van der Waals surface area contributed by atoms with E-state index in [0.29, 0.717) is 70.2 Å². The van der Waals surface area contributed by atoms with Crippen molar-refractivity contribution in [3.05, 3.63) is 62.7 Å². The predicted octanol–water partition coefficient (Wildman–Crippen LogP) is 5.06. The van der Waals surface area contributed by atoms with Gasteiger partial charge in [-0.1, -0.05) is 35.0 Å². The van der Waals surface area contributed by atoms with Gasteiger partial charge in [-0.05, 0) is 30.3 Å². The molecule has 0 aliphatic carbocycles. The molecule has 1 fully saturated rings. The molecule has 1 saturated heterocycles. The molecule has 170 valence electrons. The molecule has 0 radical (unpaired) electrons. The number of ether oxygens (including phenoxy) is 1. The highest BCUT2D eigenvalue weighted by molar-refractivity contribution is 7.98. The van der Waals surface area contributed by atoms with Crippen molar-refractivity contribution in [1.82, 2.24) is 24.6 Å². The summed E-state index contributed by atoms with van der Waals surface area (Å²) in [6.07, 6.45) is 1.58. The molecule has 1 amide bonds. The van der Waals surface area contributed by atoms with Crippen molar-refractivity contribution < 1.29 is 13.9 Å². The van der Waals surface area contributed by atoms with Gasteiger partial charge in [0.25, 0.3) is 5.91 Å². The topological polar surface area (TPSA) is 86.3 Å². The Hall–Kier alpha value is -2.37. The molecule has 1 aliphatic heterocycles. The largest absolute Gasteiger partial charge is 0.461 e. The van der Waals surface area contributed by atoms with Crippen LogP contribution in [0, 0.1) is 0 Å². The van der Waals surface area contributed by atoms with Crippen LogP contribution in [0.2, 0.25) is 10.0 Å². The quantitative estimate of drug-likeness (QED) is 0.328.